The number of hydrogen-bond acceptors (Lipinski definition) is 3. The summed E-state index contributed by atoms with van der Waals surface area (Å²) in [4.78, 5) is 20.5. The summed E-state index contributed by atoms with van der Waals surface area (Å²) in [5.41, 5.74) is 0. The fourth-order valence-electron chi connectivity index (χ4n) is 0.857. The van der Waals surface area contributed by atoms with Crippen molar-refractivity contribution in [1.82, 2.24) is 0 Å². The molecule has 2 N–H and O–H groups in total. The van der Waals surface area contributed by atoms with Crippen molar-refractivity contribution < 1.29 is 24.2 Å². The van der Waals surface area contributed by atoms with Crippen LogP contribution in [0.25, 0.3) is 0 Å². The van der Waals surface area contributed by atoms with Crippen LogP contribution in [0.5, 0.6) is 0 Å². The first-order chi connectivity index (χ1) is 6.09. The fourth-order valence-corrected chi connectivity index (χ4v) is 0.857. The molecule has 0 radical (unpaired) electrons. The molecule has 0 saturated carbocycles. The summed E-state index contributed by atoms with van der Waals surface area (Å²) in [5.74, 6) is -1.88. The lowest BCUT2D eigenvalue weighted by atomic mass is 10.2. The van der Waals surface area contributed by atoms with Crippen LogP contribution in [0, 0.1) is 0 Å². The second-order valence-corrected chi connectivity index (χ2v) is 2.46. The Morgan fingerprint density at radius 3 is 2.46 bits per heavy atom. The highest BCUT2D eigenvalue weighted by atomic mass is 16.4. The number of carboxylic acids is 2. The second kappa shape index (κ2) is 3.75. The van der Waals surface area contributed by atoms with Gasteiger partial charge in [0.1, 0.15) is 5.76 Å². The van der Waals surface area contributed by atoms with Gasteiger partial charge in [-0.15, -0.1) is 0 Å². The molecule has 1 aromatic rings. The molecule has 0 atom stereocenters. The Kier molecular flexibility index (Phi) is 2.69. The van der Waals surface area contributed by atoms with Crippen molar-refractivity contribution in [2.24, 2.45) is 0 Å². The van der Waals surface area contributed by atoms with E-state index in [-0.39, 0.29) is 18.6 Å². The number of rotatable bonds is 4. The van der Waals surface area contributed by atoms with Crippen LogP contribution in [-0.4, -0.2) is 22.2 Å². The number of carboxylic acid groups (broad SMARTS) is 2. The van der Waals surface area contributed by atoms with E-state index in [9.17, 15) is 9.59 Å². The predicted octanol–water partition coefficient (Wildman–Crippen LogP) is 0.995. The molecular weight excluding hydrogens is 176 g/mol. The van der Waals surface area contributed by atoms with Crippen LogP contribution in [-0.2, 0) is 11.2 Å². The van der Waals surface area contributed by atoms with Crippen LogP contribution >= 0.6 is 0 Å². The molecule has 0 fully saturated rings. The van der Waals surface area contributed by atoms with E-state index in [1.165, 1.54) is 12.1 Å². The lowest BCUT2D eigenvalue weighted by molar-refractivity contribution is -0.137. The number of hydrogen-bond donors (Lipinski definition) is 2. The molecule has 0 aliphatic carbocycles. The Morgan fingerprint density at radius 2 is 2.00 bits per heavy atom. The molecule has 0 aromatic carbocycles. The van der Waals surface area contributed by atoms with E-state index in [2.05, 4.69) is 0 Å². The van der Waals surface area contributed by atoms with Gasteiger partial charge in [-0.3, -0.25) is 4.79 Å². The summed E-state index contributed by atoms with van der Waals surface area (Å²) in [5, 5.41) is 16.8. The SMILES string of the molecule is O=C(O)CCc1ccc(C(=O)O)o1. The zero-order chi connectivity index (χ0) is 9.84. The zero-order valence-corrected chi connectivity index (χ0v) is 6.69. The monoisotopic (exact) mass is 184 g/mol. The van der Waals surface area contributed by atoms with Crippen LogP contribution < -0.4 is 0 Å². The average Bonchev–Trinajstić information content (AvgIpc) is 2.48. The van der Waals surface area contributed by atoms with Crippen molar-refractivity contribution in [3.8, 4) is 0 Å². The predicted molar refractivity (Wildman–Crippen MR) is 41.6 cm³/mol. The normalized spacial score (nSPS) is 9.85. The van der Waals surface area contributed by atoms with E-state index in [1.54, 1.807) is 0 Å². The van der Waals surface area contributed by atoms with Crippen LogP contribution in [0.3, 0.4) is 0 Å². The quantitative estimate of drug-likeness (QED) is 0.728. The Bertz CT molecular complexity index is 325. The van der Waals surface area contributed by atoms with Crippen molar-refractivity contribution in [3.63, 3.8) is 0 Å². The summed E-state index contributed by atoms with van der Waals surface area (Å²) in [6.07, 6.45) is 0.148. The molecule has 5 heteroatoms. The van der Waals surface area contributed by atoms with Gasteiger partial charge in [-0.25, -0.2) is 4.79 Å². The molecule has 0 saturated heterocycles. The molecule has 0 amide bonds. The van der Waals surface area contributed by atoms with Crippen molar-refractivity contribution in [3.05, 3.63) is 23.7 Å². The first-order valence-corrected chi connectivity index (χ1v) is 3.63. The van der Waals surface area contributed by atoms with Gasteiger partial charge >= 0.3 is 11.9 Å². The van der Waals surface area contributed by atoms with Gasteiger partial charge in [-0.1, -0.05) is 0 Å². The number of aromatic carboxylic acids is 1. The van der Waals surface area contributed by atoms with Crippen molar-refractivity contribution in [2.75, 3.05) is 0 Å². The number of aryl methyl sites for hydroxylation is 1. The minimum absolute atomic E-state index is 0.0629. The molecule has 1 heterocycles. The van der Waals surface area contributed by atoms with Gasteiger partial charge in [-0.2, -0.15) is 0 Å². The molecule has 0 unspecified atom stereocenters. The molecule has 0 spiro atoms. The minimum Gasteiger partial charge on any atom is -0.481 e. The number of furan rings is 1. The Hall–Kier alpha value is -1.78. The van der Waals surface area contributed by atoms with Gasteiger partial charge in [0.05, 0.1) is 6.42 Å². The van der Waals surface area contributed by atoms with Gasteiger partial charge in [0.2, 0.25) is 5.76 Å². The van der Waals surface area contributed by atoms with Gasteiger partial charge in [0.15, 0.2) is 0 Å². The Balaban J connectivity index is 2.59. The van der Waals surface area contributed by atoms with Gasteiger partial charge < -0.3 is 14.6 Å². The zero-order valence-electron chi connectivity index (χ0n) is 6.69. The third-order valence-electron chi connectivity index (χ3n) is 1.46. The maximum atomic E-state index is 10.3. The average molecular weight is 184 g/mol. The van der Waals surface area contributed by atoms with E-state index >= 15 is 0 Å². The first-order valence-electron chi connectivity index (χ1n) is 3.63. The molecule has 0 bridgehead atoms. The van der Waals surface area contributed by atoms with Crippen LogP contribution in [0.1, 0.15) is 22.7 Å². The maximum Gasteiger partial charge on any atom is 0.371 e. The van der Waals surface area contributed by atoms with Gasteiger partial charge in [0.25, 0.3) is 0 Å². The Morgan fingerprint density at radius 1 is 1.31 bits per heavy atom. The molecule has 13 heavy (non-hydrogen) atoms. The molecule has 5 nitrogen and oxygen atoms in total. The van der Waals surface area contributed by atoms with Crippen molar-refractivity contribution in [1.29, 1.82) is 0 Å². The summed E-state index contributed by atoms with van der Waals surface area (Å²) in [7, 11) is 0. The first kappa shape index (κ1) is 9.31. The molecule has 70 valence electrons. The van der Waals surface area contributed by atoms with Crippen LogP contribution in [0.2, 0.25) is 0 Å². The maximum absolute atomic E-state index is 10.3. The topological polar surface area (TPSA) is 87.7 Å². The molecule has 1 aromatic heterocycles. The van der Waals surface area contributed by atoms with Crippen LogP contribution in [0.4, 0.5) is 0 Å². The number of aliphatic carboxylic acids is 1. The molecule has 0 aliphatic heterocycles. The van der Waals surface area contributed by atoms with E-state index in [1.807, 2.05) is 0 Å². The summed E-state index contributed by atoms with van der Waals surface area (Å²) < 4.78 is 4.83. The van der Waals surface area contributed by atoms with E-state index < -0.39 is 11.9 Å². The third-order valence-corrected chi connectivity index (χ3v) is 1.46. The molecular formula is C8H8O5. The Labute approximate surface area is 73.6 Å². The summed E-state index contributed by atoms with van der Waals surface area (Å²) in [6.45, 7) is 0. The summed E-state index contributed by atoms with van der Waals surface area (Å²) in [6, 6.07) is 2.77. The largest absolute Gasteiger partial charge is 0.481 e. The smallest absolute Gasteiger partial charge is 0.371 e. The van der Waals surface area contributed by atoms with E-state index in [4.69, 9.17) is 14.6 Å². The lowest BCUT2D eigenvalue weighted by Crippen LogP contribution is -1.96. The van der Waals surface area contributed by atoms with Gasteiger partial charge in [-0.05, 0) is 12.1 Å². The standard InChI is InChI=1S/C8H8O5/c9-7(10)4-2-5-1-3-6(13-5)8(11)12/h1,3H,2,4H2,(H,9,10)(H,11,12). The minimum atomic E-state index is -1.15. The number of carbonyl (C=O) groups is 2. The van der Waals surface area contributed by atoms with E-state index in [0.29, 0.717) is 5.76 Å². The summed E-state index contributed by atoms with van der Waals surface area (Å²) >= 11 is 0. The van der Waals surface area contributed by atoms with Crippen molar-refractivity contribution >= 4 is 11.9 Å². The van der Waals surface area contributed by atoms with Crippen molar-refractivity contribution in [2.45, 2.75) is 12.8 Å². The van der Waals surface area contributed by atoms with Gasteiger partial charge in [0, 0.05) is 6.42 Å². The fraction of sp³-hybridized carbons (Fsp3) is 0.250. The lowest BCUT2D eigenvalue weighted by Gasteiger charge is -1.91. The van der Waals surface area contributed by atoms with Crippen LogP contribution in [0.15, 0.2) is 16.5 Å². The van der Waals surface area contributed by atoms with E-state index in [0.717, 1.165) is 0 Å². The third kappa shape index (κ3) is 2.62. The highest BCUT2D eigenvalue weighted by Crippen LogP contribution is 2.09. The molecule has 0 aliphatic rings. The highest BCUT2D eigenvalue weighted by molar-refractivity contribution is 5.84. The second-order valence-electron chi connectivity index (χ2n) is 2.46. The highest BCUT2D eigenvalue weighted by Gasteiger charge is 2.09. The molecule has 1 rings (SSSR count).